The normalized spacial score (nSPS) is 16.8. The van der Waals surface area contributed by atoms with Gasteiger partial charge in [-0.1, -0.05) is 20.3 Å². The number of carbonyl (C=O) groups excluding carboxylic acids is 3. The van der Waals surface area contributed by atoms with Crippen LogP contribution in [0.4, 0.5) is 4.79 Å². The minimum atomic E-state index is -0.645. The Morgan fingerprint density at radius 1 is 1.19 bits per heavy atom. The molecule has 1 saturated carbocycles. The van der Waals surface area contributed by atoms with Gasteiger partial charge in [-0.05, 0) is 63.9 Å². The summed E-state index contributed by atoms with van der Waals surface area (Å²) in [4.78, 5) is 39.3. The maximum Gasteiger partial charge on any atom is 0.407 e. The van der Waals surface area contributed by atoms with Crippen LogP contribution in [-0.4, -0.2) is 79.3 Å². The molecule has 186 valence electrons. The third-order valence-electron chi connectivity index (χ3n) is 5.50. The lowest BCUT2D eigenvalue weighted by Gasteiger charge is -2.32. The highest BCUT2D eigenvalue weighted by Gasteiger charge is 2.30. The highest BCUT2D eigenvalue weighted by molar-refractivity contribution is 7.98. The van der Waals surface area contributed by atoms with Gasteiger partial charge in [-0.15, -0.1) is 0 Å². The number of hydrogen-bond acceptors (Lipinski definition) is 7. The van der Waals surface area contributed by atoms with Crippen molar-refractivity contribution in [3.8, 4) is 0 Å². The predicted molar refractivity (Wildman–Crippen MR) is 129 cm³/mol. The Hall–Kier alpha value is -1.48. The number of carbonyl (C=O) groups is 3. The van der Waals surface area contributed by atoms with Crippen molar-refractivity contribution in [1.82, 2.24) is 15.5 Å². The monoisotopic (exact) mass is 473 g/mol. The van der Waals surface area contributed by atoms with Crippen molar-refractivity contribution in [2.75, 3.05) is 38.8 Å². The van der Waals surface area contributed by atoms with E-state index >= 15 is 0 Å². The van der Waals surface area contributed by atoms with Crippen LogP contribution in [0, 0.1) is 11.8 Å². The van der Waals surface area contributed by atoms with Gasteiger partial charge in [0.1, 0.15) is 11.6 Å². The second-order valence-electron chi connectivity index (χ2n) is 9.70. The van der Waals surface area contributed by atoms with Crippen molar-refractivity contribution in [3.63, 3.8) is 0 Å². The maximum absolute atomic E-state index is 12.8. The molecule has 0 aromatic heterocycles. The molecule has 1 aliphatic carbocycles. The number of nitrogens with one attached hydrogen (secondary N) is 2. The fourth-order valence-corrected chi connectivity index (χ4v) is 3.80. The van der Waals surface area contributed by atoms with Gasteiger partial charge < -0.3 is 20.1 Å². The van der Waals surface area contributed by atoms with Gasteiger partial charge in [-0.25, -0.2) is 9.59 Å². The summed E-state index contributed by atoms with van der Waals surface area (Å²) in [5.41, 5.74) is -0.572. The Balaban J connectivity index is 2.81. The van der Waals surface area contributed by atoms with E-state index in [1.807, 2.05) is 27.0 Å². The molecule has 1 fully saturated rings. The molecule has 9 heteroatoms. The van der Waals surface area contributed by atoms with Crippen LogP contribution in [0.25, 0.3) is 0 Å². The van der Waals surface area contributed by atoms with Gasteiger partial charge in [-0.2, -0.15) is 11.8 Å². The Kier molecular flexibility index (Phi) is 12.4. The van der Waals surface area contributed by atoms with Crippen molar-refractivity contribution >= 4 is 29.7 Å². The number of amides is 2. The number of alkyl carbamates (subject to hydrolysis) is 1. The van der Waals surface area contributed by atoms with Gasteiger partial charge in [-0.3, -0.25) is 9.69 Å². The SMILES string of the molecule is CCC(C)[C@@H](CN(CC(=O)N[C@@H](CCSC)C(=O)OC)CC1CC1)NC(=O)OC(C)(C)C. The molecule has 3 atom stereocenters. The molecular formula is C23H43N3O5S. The number of nitrogens with zero attached hydrogens (tertiary/aromatic N) is 1. The molecule has 2 N–H and O–H groups in total. The Morgan fingerprint density at radius 3 is 2.34 bits per heavy atom. The van der Waals surface area contributed by atoms with E-state index in [1.54, 1.807) is 11.8 Å². The fourth-order valence-electron chi connectivity index (χ4n) is 3.33. The standard InChI is InChI=1S/C23H43N3O5S/c1-8-16(2)19(25-22(29)31-23(3,4)5)14-26(13-17-9-10-17)15-20(27)24-18(11-12-32-7)21(28)30-6/h16-19H,8-15H2,1-7H3,(H,24,27)(H,25,29)/t16?,18-,19+/m0/s1. The van der Waals surface area contributed by atoms with Crippen molar-refractivity contribution in [3.05, 3.63) is 0 Å². The van der Waals surface area contributed by atoms with Crippen molar-refractivity contribution in [2.45, 2.75) is 78.0 Å². The number of hydrogen-bond donors (Lipinski definition) is 2. The zero-order valence-electron chi connectivity index (χ0n) is 20.9. The van der Waals surface area contributed by atoms with E-state index in [4.69, 9.17) is 9.47 Å². The van der Waals surface area contributed by atoms with Crippen molar-refractivity contribution < 1.29 is 23.9 Å². The van der Waals surface area contributed by atoms with E-state index in [0.29, 0.717) is 18.9 Å². The highest BCUT2D eigenvalue weighted by atomic mass is 32.2. The summed E-state index contributed by atoms with van der Waals surface area (Å²) < 4.78 is 10.3. The molecule has 0 saturated heterocycles. The smallest absolute Gasteiger partial charge is 0.407 e. The topological polar surface area (TPSA) is 97.0 Å². The minimum absolute atomic E-state index is 0.144. The van der Waals surface area contributed by atoms with E-state index < -0.39 is 23.7 Å². The van der Waals surface area contributed by atoms with Gasteiger partial charge in [0.2, 0.25) is 5.91 Å². The third-order valence-corrected chi connectivity index (χ3v) is 6.14. The van der Waals surface area contributed by atoms with E-state index in [9.17, 15) is 14.4 Å². The molecule has 0 spiro atoms. The Bertz CT molecular complexity index is 607. The summed E-state index contributed by atoms with van der Waals surface area (Å²) in [6.07, 6.45) is 5.25. The van der Waals surface area contributed by atoms with Crippen LogP contribution in [0.3, 0.4) is 0 Å². The zero-order chi connectivity index (χ0) is 24.3. The highest BCUT2D eigenvalue weighted by Crippen LogP contribution is 2.30. The Labute approximate surface area is 197 Å². The molecule has 1 rings (SSSR count). The first-order valence-corrected chi connectivity index (χ1v) is 13.0. The molecule has 0 aromatic carbocycles. The lowest BCUT2D eigenvalue weighted by Crippen LogP contribution is -2.52. The predicted octanol–water partition coefficient (Wildman–Crippen LogP) is 3.05. The minimum Gasteiger partial charge on any atom is -0.467 e. The molecule has 0 heterocycles. The molecule has 32 heavy (non-hydrogen) atoms. The van der Waals surface area contributed by atoms with Crippen LogP contribution in [-0.2, 0) is 19.1 Å². The molecule has 1 unspecified atom stereocenters. The van der Waals surface area contributed by atoms with Crippen LogP contribution in [0.1, 0.15) is 60.3 Å². The van der Waals surface area contributed by atoms with Gasteiger partial charge >= 0.3 is 12.1 Å². The van der Waals surface area contributed by atoms with E-state index in [-0.39, 0.29) is 24.4 Å². The number of thioether (sulfide) groups is 1. The first-order valence-electron chi connectivity index (χ1n) is 11.6. The molecule has 0 radical (unpaired) electrons. The molecule has 0 bridgehead atoms. The Morgan fingerprint density at radius 2 is 1.84 bits per heavy atom. The second kappa shape index (κ2) is 13.9. The zero-order valence-corrected chi connectivity index (χ0v) is 21.7. The molecule has 0 aromatic rings. The third kappa shape index (κ3) is 11.9. The maximum atomic E-state index is 12.8. The lowest BCUT2D eigenvalue weighted by atomic mass is 9.98. The second-order valence-corrected chi connectivity index (χ2v) is 10.7. The molecule has 2 amide bonds. The summed E-state index contributed by atoms with van der Waals surface area (Å²) >= 11 is 1.62. The van der Waals surface area contributed by atoms with E-state index in [0.717, 1.165) is 31.6 Å². The summed E-state index contributed by atoms with van der Waals surface area (Å²) in [5.74, 6) is 0.917. The summed E-state index contributed by atoms with van der Waals surface area (Å²) in [6.45, 7) is 11.2. The number of esters is 1. The van der Waals surface area contributed by atoms with Crippen LogP contribution in [0.15, 0.2) is 0 Å². The molecule has 8 nitrogen and oxygen atoms in total. The van der Waals surface area contributed by atoms with Crippen LogP contribution >= 0.6 is 11.8 Å². The van der Waals surface area contributed by atoms with Gasteiger partial charge in [0, 0.05) is 19.1 Å². The van der Waals surface area contributed by atoms with E-state index in [2.05, 4.69) is 29.4 Å². The van der Waals surface area contributed by atoms with Gasteiger partial charge in [0.15, 0.2) is 0 Å². The average Bonchev–Trinajstić information content (AvgIpc) is 3.51. The molecule has 1 aliphatic rings. The van der Waals surface area contributed by atoms with Gasteiger partial charge in [0.05, 0.1) is 13.7 Å². The van der Waals surface area contributed by atoms with Crippen molar-refractivity contribution in [2.24, 2.45) is 11.8 Å². The van der Waals surface area contributed by atoms with E-state index in [1.165, 1.54) is 7.11 Å². The van der Waals surface area contributed by atoms with Crippen molar-refractivity contribution in [1.29, 1.82) is 0 Å². The average molecular weight is 474 g/mol. The number of methoxy groups -OCH3 is 1. The van der Waals surface area contributed by atoms with Crippen LogP contribution in [0.5, 0.6) is 0 Å². The van der Waals surface area contributed by atoms with Crippen LogP contribution in [0.2, 0.25) is 0 Å². The molecule has 0 aliphatic heterocycles. The number of ether oxygens (including phenoxy) is 2. The summed E-state index contributed by atoms with van der Waals surface area (Å²) in [7, 11) is 1.33. The van der Waals surface area contributed by atoms with Gasteiger partial charge in [0.25, 0.3) is 0 Å². The molecular weight excluding hydrogens is 430 g/mol. The lowest BCUT2D eigenvalue weighted by molar-refractivity contribution is -0.145. The van der Waals surface area contributed by atoms with Crippen LogP contribution < -0.4 is 10.6 Å². The fraction of sp³-hybridized carbons (Fsp3) is 0.870. The summed E-state index contributed by atoms with van der Waals surface area (Å²) in [6, 6.07) is -0.790. The summed E-state index contributed by atoms with van der Waals surface area (Å²) in [5, 5.41) is 5.84. The number of rotatable bonds is 14. The largest absolute Gasteiger partial charge is 0.467 e. The quantitative estimate of drug-likeness (QED) is 0.374. The first-order chi connectivity index (χ1) is 15.0. The first kappa shape index (κ1) is 28.6.